The maximum Gasteiger partial charge on any atom is 0.416 e. The zero-order valence-electron chi connectivity index (χ0n) is 18.4. The van der Waals surface area contributed by atoms with Gasteiger partial charge in [0, 0.05) is 24.7 Å². The molecule has 1 aromatic carbocycles. The van der Waals surface area contributed by atoms with Gasteiger partial charge in [0.15, 0.2) is 0 Å². The van der Waals surface area contributed by atoms with Crippen LogP contribution in [-0.2, 0) is 10.9 Å². The SMILES string of the molecule is Cc1nc(-c2ccc(C(F)(F)F)cc2)sc1C(=O)NC1CCN(C(=O)OC(C)(C)C)CC1. The fourth-order valence-electron chi connectivity index (χ4n) is 3.32. The number of benzene rings is 1. The molecule has 0 radical (unpaired) electrons. The Balaban J connectivity index is 1.60. The molecule has 32 heavy (non-hydrogen) atoms. The summed E-state index contributed by atoms with van der Waals surface area (Å²) in [4.78, 5) is 31.4. The van der Waals surface area contributed by atoms with Crippen LogP contribution in [0.3, 0.4) is 0 Å². The second kappa shape index (κ2) is 9.09. The third-order valence-corrected chi connectivity index (χ3v) is 6.15. The van der Waals surface area contributed by atoms with E-state index in [0.717, 1.165) is 23.5 Å². The first-order valence-corrected chi connectivity index (χ1v) is 11.1. The summed E-state index contributed by atoms with van der Waals surface area (Å²) in [5.41, 5.74) is -0.244. The zero-order valence-corrected chi connectivity index (χ0v) is 19.2. The molecule has 1 aliphatic heterocycles. The highest BCUT2D eigenvalue weighted by atomic mass is 32.1. The summed E-state index contributed by atoms with van der Waals surface area (Å²) in [5, 5.41) is 3.47. The number of halogens is 3. The van der Waals surface area contributed by atoms with Crippen molar-refractivity contribution < 1.29 is 27.5 Å². The van der Waals surface area contributed by atoms with Crippen LogP contribution in [-0.4, -0.2) is 46.6 Å². The number of aromatic nitrogens is 1. The molecular weight excluding hydrogens is 443 g/mol. The van der Waals surface area contributed by atoms with E-state index in [2.05, 4.69) is 10.3 Å². The predicted molar refractivity (Wildman–Crippen MR) is 116 cm³/mol. The monoisotopic (exact) mass is 469 g/mol. The minimum Gasteiger partial charge on any atom is -0.444 e. The number of aryl methyl sites for hydroxylation is 1. The minimum atomic E-state index is -4.40. The van der Waals surface area contributed by atoms with Gasteiger partial charge in [-0.25, -0.2) is 9.78 Å². The lowest BCUT2D eigenvalue weighted by Crippen LogP contribution is -2.47. The molecular formula is C22H26F3N3O3S. The summed E-state index contributed by atoms with van der Waals surface area (Å²) in [6, 6.07) is 4.64. The van der Waals surface area contributed by atoms with Gasteiger partial charge in [-0.3, -0.25) is 4.79 Å². The van der Waals surface area contributed by atoms with E-state index in [1.807, 2.05) is 20.8 Å². The van der Waals surface area contributed by atoms with Crippen LogP contribution >= 0.6 is 11.3 Å². The molecule has 1 fully saturated rings. The highest BCUT2D eigenvalue weighted by Crippen LogP contribution is 2.33. The smallest absolute Gasteiger partial charge is 0.416 e. The first kappa shape index (κ1) is 24.0. The maximum absolute atomic E-state index is 12.8. The van der Waals surface area contributed by atoms with Crippen LogP contribution in [0.5, 0.6) is 0 Å². The number of hydrogen-bond donors (Lipinski definition) is 1. The first-order valence-electron chi connectivity index (χ1n) is 10.3. The molecule has 0 spiro atoms. The molecule has 2 amide bonds. The number of nitrogens with zero attached hydrogens (tertiary/aromatic N) is 2. The number of carbonyl (C=O) groups is 2. The van der Waals surface area contributed by atoms with Crippen LogP contribution < -0.4 is 5.32 Å². The average Bonchev–Trinajstić information content (AvgIpc) is 3.08. The van der Waals surface area contributed by atoms with Gasteiger partial charge in [-0.1, -0.05) is 12.1 Å². The Kier molecular flexibility index (Phi) is 6.83. The number of hydrogen-bond acceptors (Lipinski definition) is 5. The van der Waals surface area contributed by atoms with Crippen molar-refractivity contribution in [1.29, 1.82) is 0 Å². The van der Waals surface area contributed by atoms with Crippen molar-refractivity contribution in [3.05, 3.63) is 40.4 Å². The Labute approximate surface area is 188 Å². The highest BCUT2D eigenvalue weighted by Gasteiger charge is 2.31. The van der Waals surface area contributed by atoms with Crippen LogP contribution in [0.2, 0.25) is 0 Å². The van der Waals surface area contributed by atoms with Crippen molar-refractivity contribution in [2.45, 2.75) is 58.4 Å². The van der Waals surface area contributed by atoms with Gasteiger partial charge in [-0.2, -0.15) is 13.2 Å². The summed E-state index contributed by atoms with van der Waals surface area (Å²) in [6.07, 6.45) is -3.55. The highest BCUT2D eigenvalue weighted by molar-refractivity contribution is 7.17. The Morgan fingerprint density at radius 3 is 2.25 bits per heavy atom. The average molecular weight is 470 g/mol. The standard InChI is InChI=1S/C22H26F3N3O3S/c1-13-17(32-19(26-13)14-5-7-15(8-6-14)22(23,24)25)18(29)27-16-9-11-28(12-10-16)20(30)31-21(2,3)4/h5-8,16H,9-12H2,1-4H3,(H,27,29). The molecule has 174 valence electrons. The van der Waals surface area contributed by atoms with Gasteiger partial charge in [-0.05, 0) is 52.7 Å². The van der Waals surface area contributed by atoms with Crippen molar-refractivity contribution in [2.24, 2.45) is 0 Å². The lowest BCUT2D eigenvalue weighted by Gasteiger charge is -2.33. The van der Waals surface area contributed by atoms with Crippen LogP contribution in [0.25, 0.3) is 10.6 Å². The van der Waals surface area contributed by atoms with E-state index in [9.17, 15) is 22.8 Å². The summed E-state index contributed by atoms with van der Waals surface area (Å²) in [7, 11) is 0. The van der Waals surface area contributed by atoms with E-state index in [-0.39, 0.29) is 18.0 Å². The molecule has 2 aromatic rings. The van der Waals surface area contributed by atoms with E-state index >= 15 is 0 Å². The molecule has 1 aliphatic rings. The van der Waals surface area contributed by atoms with Gasteiger partial charge < -0.3 is 15.0 Å². The number of rotatable bonds is 3. The number of likely N-dealkylation sites (tertiary alicyclic amines) is 1. The summed E-state index contributed by atoms with van der Waals surface area (Å²) >= 11 is 1.15. The fourth-order valence-corrected chi connectivity index (χ4v) is 4.29. The Morgan fingerprint density at radius 1 is 1.12 bits per heavy atom. The molecule has 1 saturated heterocycles. The third-order valence-electron chi connectivity index (χ3n) is 4.94. The second-order valence-electron chi connectivity index (χ2n) is 8.72. The van der Waals surface area contributed by atoms with Gasteiger partial charge in [0.25, 0.3) is 5.91 Å². The lowest BCUT2D eigenvalue weighted by atomic mass is 10.1. The molecule has 10 heteroatoms. The van der Waals surface area contributed by atoms with Gasteiger partial charge >= 0.3 is 12.3 Å². The van der Waals surface area contributed by atoms with Crippen molar-refractivity contribution in [1.82, 2.24) is 15.2 Å². The van der Waals surface area contributed by atoms with Gasteiger partial charge in [-0.15, -0.1) is 11.3 Å². The fraction of sp³-hybridized carbons (Fsp3) is 0.500. The topological polar surface area (TPSA) is 71.5 Å². The van der Waals surface area contributed by atoms with Gasteiger partial charge in [0.05, 0.1) is 11.3 Å². The van der Waals surface area contributed by atoms with Crippen molar-refractivity contribution in [2.75, 3.05) is 13.1 Å². The maximum atomic E-state index is 12.8. The van der Waals surface area contributed by atoms with Gasteiger partial charge in [0.2, 0.25) is 0 Å². The molecule has 0 bridgehead atoms. The Hall–Kier alpha value is -2.62. The first-order chi connectivity index (χ1) is 14.8. The number of nitrogens with one attached hydrogen (secondary N) is 1. The molecule has 0 aliphatic carbocycles. The van der Waals surface area contributed by atoms with Crippen molar-refractivity contribution in [3.63, 3.8) is 0 Å². The number of carbonyl (C=O) groups excluding carboxylic acids is 2. The normalized spacial score (nSPS) is 15.5. The third kappa shape index (κ3) is 5.99. The van der Waals surface area contributed by atoms with Crippen LogP contribution in [0, 0.1) is 6.92 Å². The molecule has 0 unspecified atom stereocenters. The summed E-state index contributed by atoms with van der Waals surface area (Å²) in [5.74, 6) is -0.270. The molecule has 3 rings (SSSR count). The lowest BCUT2D eigenvalue weighted by molar-refractivity contribution is -0.137. The van der Waals surface area contributed by atoms with E-state index < -0.39 is 17.3 Å². The number of piperidine rings is 1. The number of ether oxygens (including phenoxy) is 1. The van der Waals surface area contributed by atoms with Crippen molar-refractivity contribution in [3.8, 4) is 10.6 Å². The van der Waals surface area contributed by atoms with E-state index in [1.54, 1.807) is 11.8 Å². The second-order valence-corrected chi connectivity index (χ2v) is 9.72. The molecule has 0 atom stereocenters. The van der Waals surface area contributed by atoms with Crippen LogP contribution in [0.4, 0.5) is 18.0 Å². The molecule has 1 N–H and O–H groups in total. The summed E-state index contributed by atoms with van der Waals surface area (Å²) in [6.45, 7) is 8.11. The van der Waals surface area contributed by atoms with E-state index in [0.29, 0.717) is 47.1 Å². The largest absolute Gasteiger partial charge is 0.444 e. The molecule has 1 aromatic heterocycles. The predicted octanol–water partition coefficient (Wildman–Crippen LogP) is 5.27. The van der Waals surface area contributed by atoms with E-state index in [1.165, 1.54) is 12.1 Å². The summed E-state index contributed by atoms with van der Waals surface area (Å²) < 4.78 is 43.7. The number of alkyl halides is 3. The van der Waals surface area contributed by atoms with Crippen LogP contribution in [0.1, 0.15) is 54.5 Å². The Morgan fingerprint density at radius 2 is 1.72 bits per heavy atom. The quantitative estimate of drug-likeness (QED) is 0.665. The number of amides is 2. The minimum absolute atomic E-state index is 0.0859. The van der Waals surface area contributed by atoms with Crippen molar-refractivity contribution >= 4 is 23.3 Å². The molecule has 2 heterocycles. The molecule has 0 saturated carbocycles. The van der Waals surface area contributed by atoms with Crippen LogP contribution in [0.15, 0.2) is 24.3 Å². The van der Waals surface area contributed by atoms with E-state index in [4.69, 9.17) is 4.74 Å². The van der Waals surface area contributed by atoms with Gasteiger partial charge in [0.1, 0.15) is 15.5 Å². The number of thiazole rings is 1. The Bertz CT molecular complexity index is 973. The zero-order chi connectivity index (χ0) is 23.7. The molecule has 6 nitrogen and oxygen atoms in total.